The minimum atomic E-state index is -0.946. The molecule has 0 saturated heterocycles. The highest BCUT2D eigenvalue weighted by molar-refractivity contribution is 6.14. The van der Waals surface area contributed by atoms with Gasteiger partial charge in [0, 0.05) is 16.5 Å². The van der Waals surface area contributed by atoms with E-state index < -0.39 is 12.1 Å². The van der Waals surface area contributed by atoms with Crippen LogP contribution in [0.4, 0.5) is 5.69 Å². The lowest BCUT2D eigenvalue weighted by Crippen LogP contribution is -2.29. The van der Waals surface area contributed by atoms with E-state index >= 15 is 0 Å². The summed E-state index contributed by atoms with van der Waals surface area (Å²) in [5, 5.41) is 1.96. The van der Waals surface area contributed by atoms with Crippen LogP contribution in [0, 0.1) is 0 Å². The van der Waals surface area contributed by atoms with Crippen LogP contribution in [0.3, 0.4) is 0 Å². The average molecular weight is 358 g/mol. The molecule has 4 aromatic rings. The molecule has 1 heterocycles. The molecule has 0 spiro atoms. The number of aromatic nitrogens is 1. The van der Waals surface area contributed by atoms with Crippen molar-refractivity contribution in [2.24, 2.45) is 0 Å². The van der Waals surface area contributed by atoms with E-state index in [2.05, 4.69) is 0 Å². The van der Waals surface area contributed by atoms with Gasteiger partial charge in [-0.2, -0.15) is 0 Å². The molecule has 2 N–H and O–H groups in total. The molecule has 0 aliphatic rings. The first-order chi connectivity index (χ1) is 13.1. The van der Waals surface area contributed by atoms with E-state index in [4.69, 9.17) is 10.5 Å². The Balaban J connectivity index is 1.71. The monoisotopic (exact) mass is 358 g/mol. The number of hydrogen-bond acceptors (Lipinski definition) is 4. The van der Waals surface area contributed by atoms with Crippen molar-refractivity contribution in [1.82, 2.24) is 4.57 Å². The van der Waals surface area contributed by atoms with Gasteiger partial charge >= 0.3 is 5.97 Å². The molecule has 5 nitrogen and oxygen atoms in total. The SMILES string of the molecule is CC(OC(=O)c1cccc(N)c1)C(=O)n1c2ccccc2c2ccccc21. The summed E-state index contributed by atoms with van der Waals surface area (Å²) in [6.45, 7) is 1.58. The highest BCUT2D eigenvalue weighted by atomic mass is 16.5. The number of nitrogen functional groups attached to an aromatic ring is 1. The maximum atomic E-state index is 13.1. The standard InChI is InChI=1S/C22H18N2O3/c1-14(27-22(26)15-7-6-8-16(23)13-15)21(25)24-19-11-4-2-9-17(19)18-10-3-5-12-20(18)24/h2-14H,23H2,1H3. The van der Waals surface area contributed by atoms with Gasteiger partial charge in [0.1, 0.15) is 0 Å². The van der Waals surface area contributed by atoms with Gasteiger partial charge in [-0.1, -0.05) is 42.5 Å². The van der Waals surface area contributed by atoms with Crippen LogP contribution in [-0.4, -0.2) is 22.5 Å². The first-order valence-electron chi connectivity index (χ1n) is 8.65. The van der Waals surface area contributed by atoms with Gasteiger partial charge in [-0.05, 0) is 37.3 Å². The zero-order valence-electron chi connectivity index (χ0n) is 14.8. The van der Waals surface area contributed by atoms with Crippen LogP contribution in [0.1, 0.15) is 22.1 Å². The summed E-state index contributed by atoms with van der Waals surface area (Å²) in [6, 6.07) is 21.9. The number of benzene rings is 3. The smallest absolute Gasteiger partial charge is 0.338 e. The van der Waals surface area contributed by atoms with Gasteiger partial charge in [-0.15, -0.1) is 0 Å². The number of fused-ring (bicyclic) bond motifs is 3. The van der Waals surface area contributed by atoms with Crippen molar-refractivity contribution in [1.29, 1.82) is 0 Å². The van der Waals surface area contributed by atoms with Crippen LogP contribution in [-0.2, 0) is 4.74 Å². The molecule has 0 saturated carbocycles. The number of anilines is 1. The Morgan fingerprint density at radius 3 is 2.07 bits per heavy atom. The molecular formula is C22H18N2O3. The van der Waals surface area contributed by atoms with Gasteiger partial charge in [0.2, 0.25) is 0 Å². The fourth-order valence-corrected chi connectivity index (χ4v) is 3.29. The number of para-hydroxylation sites is 2. The molecule has 5 heteroatoms. The summed E-state index contributed by atoms with van der Waals surface area (Å²) < 4.78 is 7.02. The molecule has 1 aromatic heterocycles. The lowest BCUT2D eigenvalue weighted by atomic mass is 10.2. The number of nitrogens with two attached hydrogens (primary N) is 1. The molecule has 0 aliphatic carbocycles. The van der Waals surface area contributed by atoms with Gasteiger partial charge < -0.3 is 10.5 Å². The minimum Gasteiger partial charge on any atom is -0.449 e. The van der Waals surface area contributed by atoms with E-state index in [0.29, 0.717) is 11.3 Å². The molecule has 4 rings (SSSR count). The summed E-state index contributed by atoms with van der Waals surface area (Å²) in [5.41, 5.74) is 8.07. The number of esters is 1. The molecule has 1 unspecified atom stereocenters. The highest BCUT2D eigenvalue weighted by Gasteiger charge is 2.24. The Hall–Kier alpha value is -3.60. The molecule has 0 amide bonds. The predicted molar refractivity (Wildman–Crippen MR) is 106 cm³/mol. The van der Waals surface area contributed by atoms with Crippen molar-refractivity contribution < 1.29 is 14.3 Å². The number of hydrogen-bond donors (Lipinski definition) is 1. The van der Waals surface area contributed by atoms with Gasteiger partial charge in [0.25, 0.3) is 5.91 Å². The molecule has 27 heavy (non-hydrogen) atoms. The second-order valence-electron chi connectivity index (χ2n) is 6.38. The quantitative estimate of drug-likeness (QED) is 0.438. The fraction of sp³-hybridized carbons (Fsp3) is 0.0909. The summed E-state index contributed by atoms with van der Waals surface area (Å²) in [6.07, 6.45) is -0.946. The fourth-order valence-electron chi connectivity index (χ4n) is 3.29. The van der Waals surface area contributed by atoms with Crippen molar-refractivity contribution in [3.8, 4) is 0 Å². The Labute approximate surface area is 156 Å². The Bertz CT molecular complexity index is 1120. The first kappa shape index (κ1) is 16.8. The van der Waals surface area contributed by atoms with Crippen LogP contribution in [0.25, 0.3) is 21.8 Å². The van der Waals surface area contributed by atoms with Crippen molar-refractivity contribution in [3.05, 3.63) is 78.4 Å². The molecule has 0 aliphatic heterocycles. The number of rotatable bonds is 3. The molecule has 0 bridgehead atoms. The van der Waals surface area contributed by atoms with Crippen LogP contribution < -0.4 is 5.73 Å². The summed E-state index contributed by atoms with van der Waals surface area (Å²) in [7, 11) is 0. The molecule has 0 radical (unpaired) electrons. The molecule has 1 atom stereocenters. The summed E-state index contributed by atoms with van der Waals surface area (Å²) >= 11 is 0. The van der Waals surface area contributed by atoms with Crippen molar-refractivity contribution in [2.75, 3.05) is 5.73 Å². The van der Waals surface area contributed by atoms with E-state index in [0.717, 1.165) is 21.8 Å². The minimum absolute atomic E-state index is 0.301. The van der Waals surface area contributed by atoms with Gasteiger partial charge in [0.15, 0.2) is 6.10 Å². The largest absolute Gasteiger partial charge is 0.449 e. The van der Waals surface area contributed by atoms with Crippen molar-refractivity contribution in [3.63, 3.8) is 0 Å². The third-order valence-corrected chi connectivity index (χ3v) is 4.55. The lowest BCUT2D eigenvalue weighted by molar-refractivity contribution is 0.0288. The normalized spacial score (nSPS) is 12.2. The van der Waals surface area contributed by atoms with Gasteiger partial charge in [-0.25, -0.2) is 4.79 Å². The maximum Gasteiger partial charge on any atom is 0.338 e. The third kappa shape index (κ3) is 2.93. The number of carbonyl (C=O) groups is 2. The zero-order chi connectivity index (χ0) is 19.0. The van der Waals surface area contributed by atoms with Crippen LogP contribution >= 0.6 is 0 Å². The Morgan fingerprint density at radius 2 is 1.48 bits per heavy atom. The highest BCUT2D eigenvalue weighted by Crippen LogP contribution is 2.29. The lowest BCUT2D eigenvalue weighted by Gasteiger charge is -2.14. The first-order valence-corrected chi connectivity index (χ1v) is 8.65. The van der Waals surface area contributed by atoms with Crippen LogP contribution in [0.15, 0.2) is 72.8 Å². The topological polar surface area (TPSA) is 74.3 Å². The Kier molecular flexibility index (Phi) is 4.12. The predicted octanol–water partition coefficient (Wildman–Crippen LogP) is 4.26. The summed E-state index contributed by atoms with van der Waals surface area (Å²) in [4.78, 5) is 25.5. The van der Waals surface area contributed by atoms with Crippen molar-refractivity contribution >= 4 is 39.4 Å². The third-order valence-electron chi connectivity index (χ3n) is 4.55. The zero-order valence-corrected chi connectivity index (χ0v) is 14.8. The van der Waals surface area contributed by atoms with Gasteiger partial charge in [0.05, 0.1) is 16.6 Å². The van der Waals surface area contributed by atoms with Crippen molar-refractivity contribution in [2.45, 2.75) is 13.0 Å². The number of ether oxygens (including phenoxy) is 1. The maximum absolute atomic E-state index is 13.1. The number of nitrogens with zero attached hydrogens (tertiary/aromatic N) is 1. The second-order valence-corrected chi connectivity index (χ2v) is 6.38. The van der Waals surface area contributed by atoms with Gasteiger partial charge in [-0.3, -0.25) is 9.36 Å². The molecule has 134 valence electrons. The molecular weight excluding hydrogens is 340 g/mol. The molecule has 3 aromatic carbocycles. The van der Waals surface area contributed by atoms with E-state index in [-0.39, 0.29) is 5.91 Å². The average Bonchev–Trinajstić information content (AvgIpc) is 3.02. The van der Waals surface area contributed by atoms with Crippen LogP contribution in [0.2, 0.25) is 0 Å². The van der Waals surface area contributed by atoms with E-state index in [1.807, 2.05) is 48.5 Å². The molecule has 0 fully saturated rings. The van der Waals surface area contributed by atoms with E-state index in [1.54, 1.807) is 29.7 Å². The van der Waals surface area contributed by atoms with E-state index in [1.165, 1.54) is 6.07 Å². The number of carbonyl (C=O) groups excluding carboxylic acids is 2. The Morgan fingerprint density at radius 1 is 0.889 bits per heavy atom. The van der Waals surface area contributed by atoms with E-state index in [9.17, 15) is 9.59 Å². The summed E-state index contributed by atoms with van der Waals surface area (Å²) in [5.74, 6) is -0.881. The van der Waals surface area contributed by atoms with Crippen LogP contribution in [0.5, 0.6) is 0 Å². The second kappa shape index (κ2) is 6.61.